The molecular formula is C30H22N2O6S. The maximum Gasteiger partial charge on any atom is 0.407 e. The van der Waals surface area contributed by atoms with E-state index in [2.05, 4.69) is 17.4 Å². The van der Waals surface area contributed by atoms with Crippen molar-refractivity contribution in [2.75, 3.05) is 6.61 Å². The van der Waals surface area contributed by atoms with Gasteiger partial charge in [0.2, 0.25) is 0 Å². The number of ether oxygens (including phenoxy) is 1. The van der Waals surface area contributed by atoms with Crippen LogP contribution in [0, 0.1) is 0 Å². The van der Waals surface area contributed by atoms with Crippen LogP contribution in [0.3, 0.4) is 0 Å². The van der Waals surface area contributed by atoms with Crippen LogP contribution in [0.5, 0.6) is 0 Å². The molecule has 0 radical (unpaired) electrons. The fourth-order valence-corrected chi connectivity index (χ4v) is 5.83. The van der Waals surface area contributed by atoms with E-state index in [1.54, 1.807) is 24.3 Å². The zero-order chi connectivity index (χ0) is 26.9. The third kappa shape index (κ3) is 4.57. The molecule has 3 amide bonds. The Hall–Kier alpha value is -4.76. The van der Waals surface area contributed by atoms with E-state index in [1.165, 1.54) is 23.5 Å². The highest BCUT2D eigenvalue weighted by atomic mass is 32.1. The van der Waals surface area contributed by atoms with Gasteiger partial charge in [0, 0.05) is 10.8 Å². The standard InChI is InChI=1S/C30H22N2O6S/c33-27(38-32-28(34)22-12-5-6-13-23(22)29(32)35)16-25(26-14-7-15-39-26)31-30(36)37-17-24-20-10-3-1-8-18(20)19-9-2-4-11-21(19)24/h1-15,24-25H,16-17H2,(H,31,36). The van der Waals surface area contributed by atoms with Crippen LogP contribution < -0.4 is 5.32 Å². The number of hydroxylamine groups is 2. The van der Waals surface area contributed by atoms with Crippen molar-refractivity contribution in [3.8, 4) is 11.1 Å². The summed E-state index contributed by atoms with van der Waals surface area (Å²) in [7, 11) is 0. The molecule has 2 aliphatic rings. The minimum atomic E-state index is -0.846. The van der Waals surface area contributed by atoms with Gasteiger partial charge in [-0.25, -0.2) is 9.59 Å². The number of thiophene rings is 1. The second-order valence-electron chi connectivity index (χ2n) is 9.16. The Bertz CT molecular complexity index is 1520. The minimum Gasteiger partial charge on any atom is -0.449 e. The number of amides is 3. The summed E-state index contributed by atoms with van der Waals surface area (Å²) in [5.41, 5.74) is 4.75. The quantitative estimate of drug-likeness (QED) is 0.313. The highest BCUT2D eigenvalue weighted by Crippen LogP contribution is 2.44. The predicted octanol–water partition coefficient (Wildman–Crippen LogP) is 5.47. The van der Waals surface area contributed by atoms with Gasteiger partial charge in [-0.05, 0) is 45.8 Å². The van der Waals surface area contributed by atoms with Gasteiger partial charge in [0.05, 0.1) is 23.6 Å². The van der Waals surface area contributed by atoms with Gasteiger partial charge >= 0.3 is 12.1 Å². The highest BCUT2D eigenvalue weighted by molar-refractivity contribution is 7.10. The largest absolute Gasteiger partial charge is 0.449 e. The first kappa shape index (κ1) is 24.6. The second kappa shape index (κ2) is 10.2. The van der Waals surface area contributed by atoms with E-state index < -0.39 is 29.9 Å². The van der Waals surface area contributed by atoms with Crippen molar-refractivity contribution in [2.24, 2.45) is 0 Å². The fraction of sp³-hybridized carbons (Fsp3) is 0.133. The minimum absolute atomic E-state index is 0.109. The molecule has 0 spiro atoms. The first-order chi connectivity index (χ1) is 19.0. The molecule has 0 fully saturated rings. The van der Waals surface area contributed by atoms with Gasteiger partial charge in [0.15, 0.2) is 0 Å². The summed E-state index contributed by atoms with van der Waals surface area (Å²) < 4.78 is 5.64. The Labute approximate surface area is 227 Å². The van der Waals surface area contributed by atoms with Gasteiger partial charge in [0.1, 0.15) is 6.61 Å². The Morgan fingerprint density at radius 2 is 1.36 bits per heavy atom. The maximum absolute atomic E-state index is 12.9. The van der Waals surface area contributed by atoms with Crippen molar-refractivity contribution in [3.63, 3.8) is 0 Å². The Morgan fingerprint density at radius 3 is 1.92 bits per heavy atom. The van der Waals surface area contributed by atoms with E-state index in [9.17, 15) is 19.2 Å². The summed E-state index contributed by atoms with van der Waals surface area (Å²) in [6.45, 7) is 0.122. The normalized spacial score (nSPS) is 14.4. The van der Waals surface area contributed by atoms with Gasteiger partial charge in [0.25, 0.3) is 11.8 Å². The molecule has 4 aromatic rings. The monoisotopic (exact) mass is 538 g/mol. The summed E-state index contributed by atoms with van der Waals surface area (Å²) in [4.78, 5) is 56.7. The van der Waals surface area contributed by atoms with Crippen molar-refractivity contribution in [2.45, 2.75) is 18.4 Å². The number of hydrogen-bond acceptors (Lipinski definition) is 7. The van der Waals surface area contributed by atoms with Crippen LogP contribution in [0.25, 0.3) is 11.1 Å². The molecule has 0 saturated carbocycles. The van der Waals surface area contributed by atoms with Crippen molar-refractivity contribution < 1.29 is 28.8 Å². The number of rotatable bonds is 7. The van der Waals surface area contributed by atoms with E-state index in [-0.39, 0.29) is 30.1 Å². The van der Waals surface area contributed by atoms with E-state index in [1.807, 2.05) is 41.8 Å². The van der Waals surface area contributed by atoms with Gasteiger partial charge in [-0.3, -0.25) is 9.59 Å². The van der Waals surface area contributed by atoms with Crippen molar-refractivity contribution in [1.82, 2.24) is 10.4 Å². The number of imide groups is 1. The van der Waals surface area contributed by atoms with E-state index >= 15 is 0 Å². The lowest BCUT2D eigenvalue weighted by Gasteiger charge is -2.20. The van der Waals surface area contributed by atoms with Crippen LogP contribution in [-0.4, -0.2) is 35.5 Å². The molecule has 39 heavy (non-hydrogen) atoms. The zero-order valence-electron chi connectivity index (χ0n) is 20.5. The smallest absolute Gasteiger partial charge is 0.407 e. The third-order valence-electron chi connectivity index (χ3n) is 6.84. The average molecular weight is 539 g/mol. The van der Waals surface area contributed by atoms with Gasteiger partial charge in [-0.15, -0.1) is 11.3 Å². The summed E-state index contributed by atoms with van der Waals surface area (Å²) in [5, 5.41) is 5.03. The van der Waals surface area contributed by atoms with Gasteiger partial charge in [-0.1, -0.05) is 71.8 Å². The average Bonchev–Trinajstić information content (AvgIpc) is 3.66. The SMILES string of the molecule is O=C(CC(NC(=O)OCC1c2ccccc2-c2ccccc21)c1cccs1)ON1C(=O)c2ccccc2C1=O. The number of carbonyl (C=O) groups excluding carboxylic acids is 4. The molecular weight excluding hydrogens is 516 g/mol. The number of benzene rings is 3. The van der Waals surface area contributed by atoms with Crippen LogP contribution >= 0.6 is 11.3 Å². The predicted molar refractivity (Wildman–Crippen MR) is 143 cm³/mol. The maximum atomic E-state index is 12.9. The van der Waals surface area contributed by atoms with Gasteiger partial charge < -0.3 is 14.9 Å². The summed E-state index contributed by atoms with van der Waals surface area (Å²) in [6.07, 6.45) is -0.998. The van der Waals surface area contributed by atoms with E-state index in [4.69, 9.17) is 9.57 Å². The first-order valence-corrected chi connectivity index (χ1v) is 13.2. The van der Waals surface area contributed by atoms with Crippen molar-refractivity contribution in [1.29, 1.82) is 0 Å². The molecule has 0 bridgehead atoms. The molecule has 1 aromatic heterocycles. The van der Waals surface area contributed by atoms with E-state index in [0.717, 1.165) is 22.3 Å². The summed E-state index contributed by atoms with van der Waals surface area (Å²) in [5.74, 6) is -2.37. The van der Waals surface area contributed by atoms with Gasteiger partial charge in [-0.2, -0.15) is 0 Å². The van der Waals surface area contributed by atoms with Crippen LogP contribution in [0.2, 0.25) is 0 Å². The number of nitrogens with one attached hydrogen (secondary N) is 1. The molecule has 3 aromatic carbocycles. The fourth-order valence-electron chi connectivity index (χ4n) is 5.05. The summed E-state index contributed by atoms with van der Waals surface area (Å²) in [6, 6.07) is 25.1. The number of carbonyl (C=O) groups is 4. The molecule has 0 saturated heterocycles. The molecule has 1 aliphatic carbocycles. The Kier molecular flexibility index (Phi) is 6.42. The lowest BCUT2D eigenvalue weighted by molar-refractivity contribution is -0.169. The first-order valence-electron chi connectivity index (χ1n) is 12.3. The number of nitrogens with zero attached hydrogens (tertiary/aromatic N) is 1. The number of alkyl carbamates (subject to hydrolysis) is 1. The topological polar surface area (TPSA) is 102 Å². The zero-order valence-corrected chi connectivity index (χ0v) is 21.4. The molecule has 8 nitrogen and oxygen atoms in total. The van der Waals surface area contributed by atoms with Crippen LogP contribution in [0.15, 0.2) is 90.3 Å². The second-order valence-corrected chi connectivity index (χ2v) is 10.1. The number of hydrogen-bond donors (Lipinski definition) is 1. The molecule has 1 aliphatic heterocycles. The van der Waals surface area contributed by atoms with Crippen LogP contribution in [0.1, 0.15) is 55.1 Å². The third-order valence-corrected chi connectivity index (χ3v) is 7.83. The Morgan fingerprint density at radius 1 is 0.795 bits per heavy atom. The number of fused-ring (bicyclic) bond motifs is 4. The van der Waals surface area contributed by atoms with Crippen molar-refractivity contribution in [3.05, 3.63) is 117 Å². The van der Waals surface area contributed by atoms with Crippen molar-refractivity contribution >= 4 is 35.2 Å². The molecule has 1 atom stereocenters. The lowest BCUT2D eigenvalue weighted by atomic mass is 9.98. The Balaban J connectivity index is 1.12. The summed E-state index contributed by atoms with van der Waals surface area (Å²) >= 11 is 1.35. The highest BCUT2D eigenvalue weighted by Gasteiger charge is 2.39. The molecule has 194 valence electrons. The molecule has 9 heteroatoms. The van der Waals surface area contributed by atoms with E-state index in [0.29, 0.717) is 9.94 Å². The molecule has 1 N–H and O–H groups in total. The van der Waals surface area contributed by atoms with Crippen LogP contribution in [-0.2, 0) is 14.4 Å². The molecule has 1 unspecified atom stereocenters. The lowest BCUT2D eigenvalue weighted by Crippen LogP contribution is -2.36. The molecule has 2 heterocycles. The molecule has 6 rings (SSSR count). The van der Waals surface area contributed by atoms with Crippen LogP contribution in [0.4, 0.5) is 4.79 Å².